The summed E-state index contributed by atoms with van der Waals surface area (Å²) in [5.41, 5.74) is 3.10. The van der Waals surface area contributed by atoms with Crippen molar-refractivity contribution in [3.8, 4) is 17.1 Å². The van der Waals surface area contributed by atoms with Gasteiger partial charge in [-0.2, -0.15) is 0 Å². The molecule has 1 aromatic carbocycles. The van der Waals surface area contributed by atoms with Gasteiger partial charge in [0.2, 0.25) is 0 Å². The molecule has 0 radical (unpaired) electrons. The number of carbonyl (C=O) groups excluding carboxylic acids is 1. The number of ether oxygens (including phenoxy) is 1. The zero-order valence-corrected chi connectivity index (χ0v) is 16.3. The highest BCUT2D eigenvalue weighted by Gasteiger charge is 2.16. The Hall–Kier alpha value is -2.67. The van der Waals surface area contributed by atoms with Gasteiger partial charge in [-0.25, -0.2) is 0 Å². The summed E-state index contributed by atoms with van der Waals surface area (Å²) >= 11 is 1.58. The Morgan fingerprint density at radius 2 is 2.00 bits per heavy atom. The molecule has 0 unspecified atom stereocenters. The van der Waals surface area contributed by atoms with E-state index in [9.17, 15) is 4.79 Å². The second kappa shape index (κ2) is 9.32. The lowest BCUT2D eigenvalue weighted by molar-refractivity contribution is -0.143. The van der Waals surface area contributed by atoms with E-state index in [1.807, 2.05) is 23.6 Å². The normalized spacial score (nSPS) is 10.7. The van der Waals surface area contributed by atoms with Crippen molar-refractivity contribution in [2.45, 2.75) is 31.8 Å². The largest absolute Gasteiger partial charge is 0.466 e. The van der Waals surface area contributed by atoms with E-state index in [4.69, 9.17) is 4.74 Å². The van der Waals surface area contributed by atoms with Crippen LogP contribution in [0.2, 0.25) is 0 Å². The highest BCUT2D eigenvalue weighted by atomic mass is 32.2. The lowest BCUT2D eigenvalue weighted by Gasteiger charge is -2.10. The van der Waals surface area contributed by atoms with Gasteiger partial charge in [-0.05, 0) is 44.5 Å². The average molecular weight is 382 g/mol. The summed E-state index contributed by atoms with van der Waals surface area (Å²) < 4.78 is 7.01. The quantitative estimate of drug-likeness (QED) is 0.332. The van der Waals surface area contributed by atoms with Crippen molar-refractivity contribution in [2.75, 3.05) is 12.4 Å². The Bertz CT molecular complexity index is 879. The molecule has 0 saturated carbocycles. The SMILES string of the molecule is CCOC(=O)CCCSc1nnc(-c2cccnc2)n1-c1ccc(C)cc1. The van der Waals surface area contributed by atoms with Gasteiger partial charge in [0.1, 0.15) is 0 Å². The van der Waals surface area contributed by atoms with Crippen LogP contribution < -0.4 is 0 Å². The van der Waals surface area contributed by atoms with Crippen molar-refractivity contribution >= 4 is 17.7 Å². The van der Waals surface area contributed by atoms with Gasteiger partial charge in [0, 0.05) is 35.8 Å². The number of carbonyl (C=O) groups is 1. The molecular formula is C20H22N4O2S. The Morgan fingerprint density at radius 1 is 1.19 bits per heavy atom. The maximum absolute atomic E-state index is 11.5. The van der Waals surface area contributed by atoms with Crippen LogP contribution in [0.25, 0.3) is 17.1 Å². The van der Waals surface area contributed by atoms with Crippen molar-refractivity contribution in [1.82, 2.24) is 19.7 Å². The summed E-state index contributed by atoms with van der Waals surface area (Å²) in [5.74, 6) is 1.35. The van der Waals surface area contributed by atoms with Gasteiger partial charge < -0.3 is 4.74 Å². The van der Waals surface area contributed by atoms with Gasteiger partial charge in [-0.1, -0.05) is 29.5 Å². The van der Waals surface area contributed by atoms with Crippen molar-refractivity contribution in [2.24, 2.45) is 0 Å². The van der Waals surface area contributed by atoms with E-state index < -0.39 is 0 Å². The molecule has 3 aromatic rings. The molecular weight excluding hydrogens is 360 g/mol. The van der Waals surface area contributed by atoms with Crippen LogP contribution in [0.1, 0.15) is 25.3 Å². The minimum absolute atomic E-state index is 0.158. The average Bonchev–Trinajstić information content (AvgIpc) is 3.11. The van der Waals surface area contributed by atoms with Gasteiger partial charge in [0.25, 0.3) is 0 Å². The van der Waals surface area contributed by atoms with Crippen molar-refractivity contribution in [1.29, 1.82) is 0 Å². The lowest BCUT2D eigenvalue weighted by atomic mass is 10.2. The van der Waals surface area contributed by atoms with Gasteiger partial charge >= 0.3 is 5.97 Å². The van der Waals surface area contributed by atoms with Crippen LogP contribution >= 0.6 is 11.8 Å². The molecule has 0 bridgehead atoms. The first-order valence-corrected chi connectivity index (χ1v) is 9.89. The molecule has 0 aliphatic heterocycles. The number of esters is 1. The number of hydrogen-bond donors (Lipinski definition) is 0. The molecule has 7 heteroatoms. The number of thioether (sulfide) groups is 1. The number of benzene rings is 1. The summed E-state index contributed by atoms with van der Waals surface area (Å²) in [7, 11) is 0. The highest BCUT2D eigenvalue weighted by Crippen LogP contribution is 2.28. The van der Waals surface area contributed by atoms with E-state index >= 15 is 0 Å². The zero-order chi connectivity index (χ0) is 19.1. The summed E-state index contributed by atoms with van der Waals surface area (Å²) in [5, 5.41) is 9.56. The first kappa shape index (κ1) is 19.1. The predicted molar refractivity (Wildman–Crippen MR) is 106 cm³/mol. The monoisotopic (exact) mass is 382 g/mol. The van der Waals surface area contributed by atoms with Crippen LogP contribution in [0.15, 0.2) is 53.9 Å². The van der Waals surface area contributed by atoms with Gasteiger partial charge in [0.05, 0.1) is 6.61 Å². The van der Waals surface area contributed by atoms with E-state index in [1.54, 1.807) is 24.2 Å². The Balaban J connectivity index is 1.82. The van der Waals surface area contributed by atoms with Gasteiger partial charge in [0.15, 0.2) is 11.0 Å². The number of aromatic nitrogens is 4. The lowest BCUT2D eigenvalue weighted by Crippen LogP contribution is -2.04. The van der Waals surface area contributed by atoms with Crippen molar-refractivity contribution in [3.63, 3.8) is 0 Å². The number of hydrogen-bond acceptors (Lipinski definition) is 6. The third-order valence-corrected chi connectivity index (χ3v) is 4.92. The maximum Gasteiger partial charge on any atom is 0.305 e. The molecule has 0 amide bonds. The fourth-order valence-electron chi connectivity index (χ4n) is 2.59. The first-order valence-electron chi connectivity index (χ1n) is 8.90. The highest BCUT2D eigenvalue weighted by molar-refractivity contribution is 7.99. The van der Waals surface area contributed by atoms with E-state index in [2.05, 4.69) is 46.4 Å². The number of nitrogens with zero attached hydrogens (tertiary/aromatic N) is 4. The topological polar surface area (TPSA) is 69.9 Å². The van der Waals surface area contributed by atoms with E-state index in [-0.39, 0.29) is 5.97 Å². The maximum atomic E-state index is 11.5. The fourth-order valence-corrected chi connectivity index (χ4v) is 3.48. The summed E-state index contributed by atoms with van der Waals surface area (Å²) in [6, 6.07) is 12.1. The van der Waals surface area contributed by atoms with Crippen LogP contribution in [0.5, 0.6) is 0 Å². The summed E-state index contributed by atoms with van der Waals surface area (Å²) in [6.45, 7) is 4.29. The Morgan fingerprint density at radius 3 is 2.70 bits per heavy atom. The summed E-state index contributed by atoms with van der Waals surface area (Å²) in [4.78, 5) is 15.7. The van der Waals surface area contributed by atoms with E-state index in [0.717, 1.165) is 34.4 Å². The molecule has 140 valence electrons. The van der Waals surface area contributed by atoms with Crippen LogP contribution in [-0.4, -0.2) is 38.1 Å². The molecule has 0 aliphatic rings. The minimum atomic E-state index is -0.158. The van der Waals surface area contributed by atoms with Crippen LogP contribution in [0, 0.1) is 6.92 Å². The molecule has 0 aliphatic carbocycles. The smallest absolute Gasteiger partial charge is 0.305 e. The van der Waals surface area contributed by atoms with Crippen LogP contribution in [-0.2, 0) is 9.53 Å². The number of rotatable bonds is 8. The first-order chi connectivity index (χ1) is 13.2. The Kier molecular flexibility index (Phi) is 6.59. The molecule has 2 heterocycles. The second-order valence-electron chi connectivity index (χ2n) is 5.98. The van der Waals surface area contributed by atoms with E-state index in [0.29, 0.717) is 13.0 Å². The zero-order valence-electron chi connectivity index (χ0n) is 15.5. The van der Waals surface area contributed by atoms with Crippen LogP contribution in [0.3, 0.4) is 0 Å². The Labute approximate surface area is 163 Å². The van der Waals surface area contributed by atoms with Crippen LogP contribution in [0.4, 0.5) is 0 Å². The molecule has 3 rings (SSSR count). The van der Waals surface area contributed by atoms with Gasteiger partial charge in [-0.15, -0.1) is 10.2 Å². The van der Waals surface area contributed by atoms with Crippen molar-refractivity contribution < 1.29 is 9.53 Å². The molecule has 0 spiro atoms. The third-order valence-electron chi connectivity index (χ3n) is 3.91. The van der Waals surface area contributed by atoms with E-state index in [1.165, 1.54) is 5.56 Å². The second-order valence-corrected chi connectivity index (χ2v) is 7.04. The molecule has 6 nitrogen and oxygen atoms in total. The molecule has 0 saturated heterocycles. The van der Waals surface area contributed by atoms with Gasteiger partial charge in [-0.3, -0.25) is 14.3 Å². The molecule has 2 aromatic heterocycles. The number of pyridine rings is 1. The molecule has 0 N–H and O–H groups in total. The summed E-state index contributed by atoms with van der Waals surface area (Å²) in [6.07, 6.45) is 4.66. The minimum Gasteiger partial charge on any atom is -0.466 e. The standard InChI is InChI=1S/C20H22N4O2S/c1-3-26-18(25)7-5-13-27-20-23-22-19(16-6-4-12-21-14-16)24(20)17-10-8-15(2)9-11-17/h4,6,8-12,14H,3,5,7,13H2,1-2H3. The molecule has 0 fully saturated rings. The number of aryl methyl sites for hydroxylation is 1. The van der Waals surface area contributed by atoms with Crippen molar-refractivity contribution in [3.05, 3.63) is 54.4 Å². The molecule has 27 heavy (non-hydrogen) atoms. The fraction of sp³-hybridized carbons (Fsp3) is 0.300. The third kappa shape index (κ3) is 4.95. The predicted octanol–water partition coefficient (Wildman–Crippen LogP) is 4.07. The molecule has 0 atom stereocenters.